The van der Waals surface area contributed by atoms with Crippen molar-refractivity contribution in [3.8, 4) is 0 Å². The summed E-state index contributed by atoms with van der Waals surface area (Å²) >= 11 is 18.5. The van der Waals surface area contributed by atoms with E-state index in [9.17, 15) is 18.0 Å². The molecule has 7 nitrogen and oxygen atoms in total. The Balaban J connectivity index is 2.20. The Morgan fingerprint density at radius 2 is 1.74 bits per heavy atom. The molecule has 186 valence electrons. The third-order valence-electron chi connectivity index (χ3n) is 5.15. The molecular formula is C23H28Cl3N3O4S. The largest absolute Gasteiger partial charge is 0.355 e. The van der Waals surface area contributed by atoms with Crippen molar-refractivity contribution in [2.45, 2.75) is 39.3 Å². The predicted octanol–water partition coefficient (Wildman–Crippen LogP) is 4.75. The molecule has 0 heterocycles. The lowest BCUT2D eigenvalue weighted by Gasteiger charge is -2.29. The standard InChI is InChI=1S/C23H28Cl3N3O4S/c1-4-27-23(31)16(2)28(15-17-8-5-6-9-19(17)25)22(30)10-7-13-29(34(3,32)33)21-14-18(24)11-12-20(21)26/h5-6,8-9,11-12,14,16H,4,7,10,13,15H2,1-3H3,(H,27,31)/t16-/m0/s1. The summed E-state index contributed by atoms with van der Waals surface area (Å²) in [5.74, 6) is -0.587. The van der Waals surface area contributed by atoms with Crippen LogP contribution in [0.4, 0.5) is 5.69 Å². The lowest BCUT2D eigenvalue weighted by Crippen LogP contribution is -2.47. The van der Waals surface area contributed by atoms with E-state index in [4.69, 9.17) is 34.8 Å². The normalized spacial score (nSPS) is 12.2. The van der Waals surface area contributed by atoms with E-state index in [0.717, 1.165) is 10.6 Å². The van der Waals surface area contributed by atoms with Crippen LogP contribution in [-0.2, 0) is 26.2 Å². The number of nitrogens with one attached hydrogen (secondary N) is 1. The summed E-state index contributed by atoms with van der Waals surface area (Å²) in [6, 6.07) is 10.9. The van der Waals surface area contributed by atoms with Gasteiger partial charge in [-0.2, -0.15) is 0 Å². The van der Waals surface area contributed by atoms with Crippen molar-refractivity contribution in [3.05, 3.63) is 63.1 Å². The molecule has 2 rings (SSSR count). The molecule has 0 saturated heterocycles. The molecule has 2 aromatic rings. The van der Waals surface area contributed by atoms with Gasteiger partial charge in [0, 0.05) is 36.1 Å². The first-order valence-corrected chi connectivity index (χ1v) is 13.7. The predicted molar refractivity (Wildman–Crippen MR) is 138 cm³/mol. The Kier molecular flexibility index (Phi) is 10.5. The third-order valence-corrected chi connectivity index (χ3v) is 7.25. The van der Waals surface area contributed by atoms with E-state index in [0.29, 0.717) is 22.2 Å². The summed E-state index contributed by atoms with van der Waals surface area (Å²) < 4.78 is 26.0. The van der Waals surface area contributed by atoms with Crippen LogP contribution in [-0.4, -0.2) is 50.5 Å². The van der Waals surface area contributed by atoms with Gasteiger partial charge >= 0.3 is 0 Å². The van der Waals surface area contributed by atoms with Gasteiger partial charge in [-0.3, -0.25) is 13.9 Å². The maximum Gasteiger partial charge on any atom is 0.242 e. The molecule has 0 fully saturated rings. The van der Waals surface area contributed by atoms with Crippen molar-refractivity contribution >= 4 is 62.3 Å². The van der Waals surface area contributed by atoms with Gasteiger partial charge in [0.15, 0.2) is 0 Å². The number of halogens is 3. The molecule has 0 aliphatic carbocycles. The average molecular weight is 549 g/mol. The van der Waals surface area contributed by atoms with Crippen LogP contribution < -0.4 is 9.62 Å². The number of carbonyl (C=O) groups excluding carboxylic acids is 2. The molecule has 0 bridgehead atoms. The quantitative estimate of drug-likeness (QED) is 0.439. The second-order valence-corrected chi connectivity index (χ2v) is 10.9. The zero-order valence-corrected chi connectivity index (χ0v) is 22.3. The van der Waals surface area contributed by atoms with E-state index >= 15 is 0 Å². The summed E-state index contributed by atoms with van der Waals surface area (Å²) in [5, 5.41) is 3.78. The van der Waals surface area contributed by atoms with Gasteiger partial charge in [-0.1, -0.05) is 53.0 Å². The fraction of sp³-hybridized carbons (Fsp3) is 0.391. The first kappa shape index (κ1) is 28.2. The van der Waals surface area contributed by atoms with Gasteiger partial charge in [0.05, 0.1) is 17.0 Å². The number of likely N-dealkylation sites (N-methyl/N-ethyl adjacent to an activating group) is 1. The molecular weight excluding hydrogens is 521 g/mol. The van der Waals surface area contributed by atoms with Crippen molar-refractivity contribution in [1.29, 1.82) is 0 Å². The zero-order valence-electron chi connectivity index (χ0n) is 19.2. The number of carbonyl (C=O) groups is 2. The van der Waals surface area contributed by atoms with E-state index in [1.165, 1.54) is 17.0 Å². The van der Waals surface area contributed by atoms with Crippen LogP contribution >= 0.6 is 34.8 Å². The highest BCUT2D eigenvalue weighted by Crippen LogP contribution is 2.31. The Bertz CT molecular complexity index is 1130. The average Bonchev–Trinajstić information content (AvgIpc) is 2.76. The monoisotopic (exact) mass is 547 g/mol. The molecule has 0 saturated carbocycles. The summed E-state index contributed by atoms with van der Waals surface area (Å²) in [6.45, 7) is 4.04. The topological polar surface area (TPSA) is 86.8 Å². The van der Waals surface area contributed by atoms with Gasteiger partial charge in [0.25, 0.3) is 0 Å². The Labute approximate surface area is 216 Å². The minimum atomic E-state index is -3.68. The number of benzene rings is 2. The van der Waals surface area contributed by atoms with Crippen molar-refractivity contribution in [2.24, 2.45) is 0 Å². The lowest BCUT2D eigenvalue weighted by atomic mass is 10.1. The number of amides is 2. The molecule has 2 amide bonds. The second kappa shape index (κ2) is 12.6. The molecule has 0 radical (unpaired) electrons. The third kappa shape index (κ3) is 7.77. The molecule has 0 unspecified atom stereocenters. The lowest BCUT2D eigenvalue weighted by molar-refractivity contribution is -0.140. The SMILES string of the molecule is CCNC(=O)[C@H](C)N(Cc1ccccc1Cl)C(=O)CCCN(c1cc(Cl)ccc1Cl)S(C)(=O)=O. The summed E-state index contributed by atoms with van der Waals surface area (Å²) in [6.07, 6.45) is 1.28. The van der Waals surface area contributed by atoms with E-state index in [-0.39, 0.29) is 48.5 Å². The number of nitrogens with zero attached hydrogens (tertiary/aromatic N) is 2. The number of anilines is 1. The van der Waals surface area contributed by atoms with Crippen LogP contribution in [0.25, 0.3) is 0 Å². The molecule has 0 spiro atoms. The fourth-order valence-corrected chi connectivity index (χ4v) is 4.97. The summed E-state index contributed by atoms with van der Waals surface area (Å²) in [5.41, 5.74) is 0.949. The molecule has 1 atom stereocenters. The van der Waals surface area contributed by atoms with Crippen LogP contribution in [0.1, 0.15) is 32.3 Å². The Hall–Kier alpha value is -2.00. The minimum absolute atomic E-state index is 0.0123. The molecule has 0 aromatic heterocycles. The van der Waals surface area contributed by atoms with Crippen molar-refractivity contribution in [3.63, 3.8) is 0 Å². The van der Waals surface area contributed by atoms with Gasteiger partial charge in [0.1, 0.15) is 6.04 Å². The van der Waals surface area contributed by atoms with Crippen LogP contribution in [0, 0.1) is 0 Å². The Morgan fingerprint density at radius 3 is 2.35 bits per heavy atom. The number of rotatable bonds is 11. The van der Waals surface area contributed by atoms with Gasteiger partial charge in [-0.05, 0) is 50.1 Å². The smallest absolute Gasteiger partial charge is 0.242 e. The van der Waals surface area contributed by atoms with Gasteiger partial charge in [0.2, 0.25) is 21.8 Å². The number of sulfonamides is 1. The summed E-state index contributed by atoms with van der Waals surface area (Å²) in [4.78, 5) is 27.1. The highest BCUT2D eigenvalue weighted by molar-refractivity contribution is 7.92. The first-order valence-electron chi connectivity index (χ1n) is 10.7. The summed E-state index contributed by atoms with van der Waals surface area (Å²) in [7, 11) is -3.68. The van der Waals surface area contributed by atoms with Gasteiger partial charge in [-0.25, -0.2) is 8.42 Å². The molecule has 0 aliphatic rings. The van der Waals surface area contributed by atoms with Crippen LogP contribution in [0.3, 0.4) is 0 Å². The highest BCUT2D eigenvalue weighted by atomic mass is 35.5. The fourth-order valence-electron chi connectivity index (χ4n) is 3.37. The van der Waals surface area contributed by atoms with Crippen molar-refractivity contribution in [2.75, 3.05) is 23.7 Å². The van der Waals surface area contributed by atoms with Gasteiger partial charge < -0.3 is 10.2 Å². The molecule has 1 N–H and O–H groups in total. The number of hydrogen-bond acceptors (Lipinski definition) is 4. The van der Waals surface area contributed by atoms with Crippen LogP contribution in [0.5, 0.6) is 0 Å². The maximum atomic E-state index is 13.2. The van der Waals surface area contributed by atoms with E-state index in [1.54, 1.807) is 44.2 Å². The zero-order chi connectivity index (χ0) is 25.5. The number of hydrogen-bond donors (Lipinski definition) is 1. The highest BCUT2D eigenvalue weighted by Gasteiger charge is 2.27. The molecule has 2 aromatic carbocycles. The maximum absolute atomic E-state index is 13.2. The first-order chi connectivity index (χ1) is 16.0. The Morgan fingerprint density at radius 1 is 1.06 bits per heavy atom. The van der Waals surface area contributed by atoms with E-state index in [2.05, 4.69) is 5.32 Å². The van der Waals surface area contributed by atoms with Gasteiger partial charge in [-0.15, -0.1) is 0 Å². The van der Waals surface area contributed by atoms with E-state index in [1.807, 2.05) is 0 Å². The van der Waals surface area contributed by atoms with Crippen LogP contribution in [0.15, 0.2) is 42.5 Å². The van der Waals surface area contributed by atoms with E-state index < -0.39 is 16.1 Å². The second-order valence-electron chi connectivity index (χ2n) is 7.72. The molecule has 34 heavy (non-hydrogen) atoms. The van der Waals surface area contributed by atoms with Crippen molar-refractivity contribution in [1.82, 2.24) is 10.2 Å². The van der Waals surface area contributed by atoms with Crippen LogP contribution in [0.2, 0.25) is 15.1 Å². The minimum Gasteiger partial charge on any atom is -0.355 e. The van der Waals surface area contributed by atoms with Crippen molar-refractivity contribution < 1.29 is 18.0 Å². The molecule has 0 aliphatic heterocycles. The molecule has 11 heteroatoms.